The molecule has 3 nitrogen and oxygen atoms in total. The number of nitrogens with one attached hydrogen (secondary N) is 1. The Morgan fingerprint density at radius 3 is 2.28 bits per heavy atom. The molecule has 0 aliphatic heterocycles. The predicted octanol–water partition coefficient (Wildman–Crippen LogP) is 2.84. The molecule has 0 saturated heterocycles. The van der Waals surface area contributed by atoms with Gasteiger partial charge in [-0.1, -0.05) is 13.8 Å². The number of nitrogens with zero attached hydrogens (tertiary/aromatic N) is 1. The van der Waals surface area contributed by atoms with Crippen molar-refractivity contribution in [1.82, 2.24) is 9.97 Å². The summed E-state index contributed by atoms with van der Waals surface area (Å²) in [6, 6.07) is 4.41. The average molecular weight is 250 g/mol. The molecule has 1 heterocycles. The van der Waals surface area contributed by atoms with Gasteiger partial charge in [-0.2, -0.15) is 0 Å². The summed E-state index contributed by atoms with van der Waals surface area (Å²) in [5.74, 6) is -1.18. The molecule has 0 unspecified atom stereocenters. The molecule has 0 fully saturated rings. The summed E-state index contributed by atoms with van der Waals surface area (Å²) in [5.41, 5.74) is 0.457. The van der Waals surface area contributed by atoms with Crippen LogP contribution in [0.15, 0.2) is 29.1 Å². The molecule has 1 N–H and O–H groups in total. The highest BCUT2D eigenvalue weighted by Gasteiger charge is 2.09. The van der Waals surface area contributed by atoms with Crippen molar-refractivity contribution in [2.45, 2.75) is 19.8 Å². The minimum atomic E-state index is -0.706. The lowest BCUT2D eigenvalue weighted by Crippen LogP contribution is -2.11. The van der Waals surface area contributed by atoms with Crippen molar-refractivity contribution >= 4 is 0 Å². The molecule has 5 heteroatoms. The van der Waals surface area contributed by atoms with Gasteiger partial charge in [0.1, 0.15) is 17.5 Å². The van der Waals surface area contributed by atoms with E-state index in [1.807, 2.05) is 13.8 Å². The lowest BCUT2D eigenvalue weighted by atomic mass is 10.1. The molecule has 2 rings (SSSR count). The van der Waals surface area contributed by atoms with Gasteiger partial charge in [0, 0.05) is 17.7 Å². The third-order valence-corrected chi connectivity index (χ3v) is 2.49. The minimum absolute atomic E-state index is 0.0597. The first kappa shape index (κ1) is 12.4. The zero-order valence-electron chi connectivity index (χ0n) is 10.00. The van der Waals surface area contributed by atoms with Crippen molar-refractivity contribution in [3.63, 3.8) is 0 Å². The Morgan fingerprint density at radius 2 is 1.72 bits per heavy atom. The third-order valence-electron chi connectivity index (χ3n) is 2.49. The first-order valence-corrected chi connectivity index (χ1v) is 5.53. The second-order valence-electron chi connectivity index (χ2n) is 4.33. The van der Waals surface area contributed by atoms with Crippen LogP contribution in [0.1, 0.15) is 25.5 Å². The van der Waals surface area contributed by atoms with Crippen LogP contribution in [0.3, 0.4) is 0 Å². The fourth-order valence-corrected chi connectivity index (χ4v) is 1.60. The summed E-state index contributed by atoms with van der Waals surface area (Å²) in [7, 11) is 0. The Labute approximate surface area is 103 Å². The normalized spacial score (nSPS) is 10.9. The molecule has 0 atom stereocenters. The minimum Gasteiger partial charge on any atom is -0.307 e. The quantitative estimate of drug-likeness (QED) is 0.890. The molecule has 0 bridgehead atoms. The monoisotopic (exact) mass is 250 g/mol. The van der Waals surface area contributed by atoms with Gasteiger partial charge in [0.2, 0.25) is 0 Å². The molecule has 0 amide bonds. The van der Waals surface area contributed by atoms with Crippen LogP contribution in [0.4, 0.5) is 8.78 Å². The number of aromatic nitrogens is 2. The Kier molecular flexibility index (Phi) is 3.23. The molecule has 0 aliphatic carbocycles. The number of H-pyrrole nitrogens is 1. The Morgan fingerprint density at radius 1 is 1.11 bits per heavy atom. The van der Waals surface area contributed by atoms with Gasteiger partial charge < -0.3 is 4.98 Å². The van der Waals surface area contributed by atoms with Gasteiger partial charge in [0.05, 0.1) is 5.69 Å². The van der Waals surface area contributed by atoms with Crippen LogP contribution < -0.4 is 5.56 Å². The highest BCUT2D eigenvalue weighted by Crippen LogP contribution is 2.19. The van der Waals surface area contributed by atoms with E-state index in [-0.39, 0.29) is 22.9 Å². The highest BCUT2D eigenvalue weighted by molar-refractivity contribution is 5.54. The van der Waals surface area contributed by atoms with Gasteiger partial charge in [0.15, 0.2) is 0 Å². The summed E-state index contributed by atoms with van der Waals surface area (Å²) in [6.07, 6.45) is 0. The number of aromatic amines is 1. The molecule has 0 radical (unpaired) electrons. The molecule has 94 valence electrons. The van der Waals surface area contributed by atoms with E-state index in [4.69, 9.17) is 0 Å². The number of hydrogen-bond acceptors (Lipinski definition) is 2. The molecule has 0 spiro atoms. The lowest BCUT2D eigenvalue weighted by molar-refractivity contribution is 0.584. The Bertz CT molecular complexity index is 615. The first-order chi connectivity index (χ1) is 8.45. The summed E-state index contributed by atoms with van der Waals surface area (Å²) < 4.78 is 26.2. The van der Waals surface area contributed by atoms with E-state index in [1.165, 1.54) is 6.07 Å². The largest absolute Gasteiger partial charge is 0.307 e. The Hall–Kier alpha value is -2.04. The standard InChI is InChI=1S/C13H12F2N2O/c1-7(2)11-6-12(18)17-13(16-11)8-3-9(14)5-10(15)4-8/h3-7H,1-2H3,(H,16,17,18). The SMILES string of the molecule is CC(C)c1cc(=O)[nH]c(-c2cc(F)cc(F)c2)n1. The fourth-order valence-electron chi connectivity index (χ4n) is 1.60. The van der Waals surface area contributed by atoms with E-state index in [2.05, 4.69) is 9.97 Å². The van der Waals surface area contributed by atoms with Gasteiger partial charge >= 0.3 is 0 Å². The maximum atomic E-state index is 13.1. The van der Waals surface area contributed by atoms with Crippen molar-refractivity contribution in [1.29, 1.82) is 0 Å². The topological polar surface area (TPSA) is 45.8 Å². The average Bonchev–Trinajstić information content (AvgIpc) is 2.26. The van der Waals surface area contributed by atoms with Gasteiger partial charge in [-0.25, -0.2) is 13.8 Å². The van der Waals surface area contributed by atoms with Crippen molar-refractivity contribution in [2.24, 2.45) is 0 Å². The Balaban J connectivity index is 2.60. The van der Waals surface area contributed by atoms with Crippen molar-refractivity contribution in [3.8, 4) is 11.4 Å². The molecule has 0 saturated carbocycles. The van der Waals surface area contributed by atoms with E-state index in [1.54, 1.807) is 0 Å². The summed E-state index contributed by atoms with van der Waals surface area (Å²) in [4.78, 5) is 18.1. The predicted molar refractivity (Wildman–Crippen MR) is 64.3 cm³/mol. The maximum absolute atomic E-state index is 13.1. The van der Waals surface area contributed by atoms with Gasteiger partial charge in [-0.3, -0.25) is 4.79 Å². The highest BCUT2D eigenvalue weighted by atomic mass is 19.1. The molecule has 2 aromatic rings. The molecular formula is C13H12F2N2O. The number of halogens is 2. The first-order valence-electron chi connectivity index (χ1n) is 5.53. The molecule has 1 aromatic carbocycles. The van der Waals surface area contributed by atoms with Crippen LogP contribution in [-0.2, 0) is 0 Å². The number of rotatable bonds is 2. The van der Waals surface area contributed by atoms with Crippen molar-refractivity contribution in [3.05, 3.63) is 51.9 Å². The summed E-state index contributed by atoms with van der Waals surface area (Å²) in [6.45, 7) is 3.77. The van der Waals surface area contributed by atoms with E-state index in [0.717, 1.165) is 18.2 Å². The van der Waals surface area contributed by atoms with Gasteiger partial charge in [-0.15, -0.1) is 0 Å². The van der Waals surface area contributed by atoms with Crippen LogP contribution >= 0.6 is 0 Å². The molecule has 0 aliphatic rings. The van der Waals surface area contributed by atoms with Crippen molar-refractivity contribution < 1.29 is 8.78 Å². The van der Waals surface area contributed by atoms with Gasteiger partial charge in [-0.05, 0) is 18.1 Å². The smallest absolute Gasteiger partial charge is 0.251 e. The van der Waals surface area contributed by atoms with E-state index < -0.39 is 11.6 Å². The zero-order valence-corrected chi connectivity index (χ0v) is 10.00. The van der Waals surface area contributed by atoms with Crippen LogP contribution in [0.5, 0.6) is 0 Å². The maximum Gasteiger partial charge on any atom is 0.251 e. The zero-order chi connectivity index (χ0) is 13.3. The number of hydrogen-bond donors (Lipinski definition) is 1. The lowest BCUT2D eigenvalue weighted by Gasteiger charge is -2.07. The second kappa shape index (κ2) is 4.68. The summed E-state index contributed by atoms with van der Waals surface area (Å²) in [5, 5.41) is 0. The third kappa shape index (κ3) is 2.61. The van der Waals surface area contributed by atoms with E-state index in [0.29, 0.717) is 5.69 Å². The molecular weight excluding hydrogens is 238 g/mol. The second-order valence-corrected chi connectivity index (χ2v) is 4.33. The van der Waals surface area contributed by atoms with E-state index in [9.17, 15) is 13.6 Å². The fraction of sp³-hybridized carbons (Fsp3) is 0.231. The number of benzene rings is 1. The van der Waals surface area contributed by atoms with Crippen LogP contribution in [0, 0.1) is 11.6 Å². The van der Waals surface area contributed by atoms with Crippen LogP contribution in [0.2, 0.25) is 0 Å². The van der Waals surface area contributed by atoms with Gasteiger partial charge in [0.25, 0.3) is 5.56 Å². The van der Waals surface area contributed by atoms with Crippen molar-refractivity contribution in [2.75, 3.05) is 0 Å². The van der Waals surface area contributed by atoms with Crippen LogP contribution in [-0.4, -0.2) is 9.97 Å². The van der Waals surface area contributed by atoms with E-state index >= 15 is 0 Å². The summed E-state index contributed by atoms with van der Waals surface area (Å²) >= 11 is 0. The molecule has 18 heavy (non-hydrogen) atoms. The molecule has 1 aromatic heterocycles. The van der Waals surface area contributed by atoms with Crippen LogP contribution in [0.25, 0.3) is 11.4 Å².